The van der Waals surface area contributed by atoms with Gasteiger partial charge in [0.25, 0.3) is 0 Å². The van der Waals surface area contributed by atoms with Gasteiger partial charge in [0.2, 0.25) is 0 Å². The van der Waals surface area contributed by atoms with E-state index in [9.17, 15) is 0 Å². The minimum absolute atomic E-state index is 0. The average molecular weight is 530 g/mol. The number of guanidine groups is 1. The van der Waals surface area contributed by atoms with Crippen molar-refractivity contribution in [2.75, 3.05) is 52.9 Å². The first-order valence-corrected chi connectivity index (χ1v) is 11.8. The Labute approximate surface area is 197 Å². The van der Waals surface area contributed by atoms with Gasteiger partial charge in [0, 0.05) is 56.2 Å². The lowest BCUT2D eigenvalue weighted by Crippen LogP contribution is -2.43. The fourth-order valence-corrected chi connectivity index (χ4v) is 6.00. The van der Waals surface area contributed by atoms with Crippen LogP contribution in [0.1, 0.15) is 37.1 Å². The van der Waals surface area contributed by atoms with Gasteiger partial charge in [-0.05, 0) is 57.1 Å². The molecule has 2 fully saturated rings. The molecule has 0 saturated carbocycles. The van der Waals surface area contributed by atoms with Crippen LogP contribution in [-0.2, 0) is 0 Å². The minimum atomic E-state index is 0. The summed E-state index contributed by atoms with van der Waals surface area (Å²) in [5.74, 6) is 1.72. The van der Waals surface area contributed by atoms with Gasteiger partial charge >= 0.3 is 0 Å². The number of likely N-dealkylation sites (tertiary alicyclic amines) is 2. The molecule has 2 saturated heterocycles. The van der Waals surface area contributed by atoms with Gasteiger partial charge in [-0.2, -0.15) is 0 Å². The molecule has 1 N–H and O–H groups in total. The SMILES string of the molecule is CCNC(=NCC1CCCN(C)C1c1cccs1)N1CCC(N2CC=CC2)C1.I. The lowest BCUT2D eigenvalue weighted by Gasteiger charge is -2.38. The van der Waals surface area contributed by atoms with Gasteiger partial charge in [-0.15, -0.1) is 35.3 Å². The van der Waals surface area contributed by atoms with E-state index in [1.807, 2.05) is 11.3 Å². The Hall–Kier alpha value is -0.640. The van der Waals surface area contributed by atoms with E-state index in [-0.39, 0.29) is 24.0 Å². The van der Waals surface area contributed by atoms with E-state index in [1.54, 1.807) is 0 Å². The van der Waals surface area contributed by atoms with Crippen LogP contribution < -0.4 is 5.32 Å². The topological polar surface area (TPSA) is 34.1 Å². The van der Waals surface area contributed by atoms with E-state index in [2.05, 4.69) is 63.7 Å². The Kier molecular flexibility index (Phi) is 8.83. The molecule has 0 radical (unpaired) electrons. The molecular weight excluding hydrogens is 493 g/mol. The number of halogens is 1. The van der Waals surface area contributed by atoms with Crippen LogP contribution in [0.15, 0.2) is 34.7 Å². The Morgan fingerprint density at radius 1 is 1.24 bits per heavy atom. The van der Waals surface area contributed by atoms with Crippen molar-refractivity contribution < 1.29 is 0 Å². The largest absolute Gasteiger partial charge is 0.357 e. The van der Waals surface area contributed by atoms with Crippen molar-refractivity contribution in [3.8, 4) is 0 Å². The fraction of sp³-hybridized carbons (Fsp3) is 0.682. The third-order valence-corrected chi connectivity index (χ3v) is 7.42. The lowest BCUT2D eigenvalue weighted by molar-refractivity contribution is 0.128. The Morgan fingerprint density at radius 3 is 2.79 bits per heavy atom. The highest BCUT2D eigenvalue weighted by atomic mass is 127. The summed E-state index contributed by atoms with van der Waals surface area (Å²) < 4.78 is 0. The monoisotopic (exact) mass is 529 g/mol. The number of hydrogen-bond acceptors (Lipinski definition) is 4. The summed E-state index contributed by atoms with van der Waals surface area (Å²) in [6.07, 6.45) is 8.40. The molecule has 0 amide bonds. The highest BCUT2D eigenvalue weighted by molar-refractivity contribution is 14.0. The number of hydrogen-bond donors (Lipinski definition) is 1. The zero-order chi connectivity index (χ0) is 19.3. The Balaban J connectivity index is 0.00000240. The third-order valence-electron chi connectivity index (χ3n) is 6.48. The van der Waals surface area contributed by atoms with Crippen molar-refractivity contribution in [3.05, 3.63) is 34.5 Å². The fourth-order valence-electron chi connectivity index (χ4n) is 5.01. The number of nitrogens with zero attached hydrogens (tertiary/aromatic N) is 4. The summed E-state index contributed by atoms with van der Waals surface area (Å²) in [5, 5.41) is 5.77. The molecular formula is C22H36IN5S. The maximum Gasteiger partial charge on any atom is 0.193 e. The predicted molar refractivity (Wildman–Crippen MR) is 134 cm³/mol. The first-order valence-electron chi connectivity index (χ1n) is 10.9. The molecule has 3 aliphatic rings. The van der Waals surface area contributed by atoms with Crippen molar-refractivity contribution in [1.29, 1.82) is 0 Å². The van der Waals surface area contributed by atoms with Gasteiger partial charge in [-0.3, -0.25) is 14.8 Å². The number of aliphatic imine (C=N–C) groups is 1. The molecule has 1 aromatic heterocycles. The highest BCUT2D eigenvalue weighted by Crippen LogP contribution is 2.37. The molecule has 3 unspecified atom stereocenters. The van der Waals surface area contributed by atoms with Crippen LogP contribution in [0.3, 0.4) is 0 Å². The van der Waals surface area contributed by atoms with Crippen molar-refractivity contribution in [2.24, 2.45) is 10.9 Å². The van der Waals surface area contributed by atoms with Gasteiger partial charge < -0.3 is 10.2 Å². The van der Waals surface area contributed by atoms with Crippen molar-refractivity contribution in [2.45, 2.75) is 38.3 Å². The van der Waals surface area contributed by atoms with E-state index in [1.165, 1.54) is 30.7 Å². The molecule has 0 bridgehead atoms. The highest BCUT2D eigenvalue weighted by Gasteiger charge is 2.32. The number of thiophene rings is 1. The van der Waals surface area contributed by atoms with E-state index in [0.717, 1.165) is 45.2 Å². The molecule has 3 aliphatic heterocycles. The Bertz CT molecular complexity index is 669. The first-order chi connectivity index (χ1) is 13.8. The van der Waals surface area contributed by atoms with Crippen LogP contribution in [0, 0.1) is 5.92 Å². The second kappa shape index (κ2) is 11.1. The van der Waals surface area contributed by atoms with E-state index in [4.69, 9.17) is 4.99 Å². The lowest BCUT2D eigenvalue weighted by atomic mass is 9.88. The van der Waals surface area contributed by atoms with E-state index < -0.39 is 0 Å². The molecule has 7 heteroatoms. The van der Waals surface area contributed by atoms with E-state index >= 15 is 0 Å². The predicted octanol–water partition coefficient (Wildman–Crippen LogP) is 3.66. The van der Waals surface area contributed by atoms with Crippen LogP contribution in [-0.4, -0.2) is 79.6 Å². The number of nitrogens with one attached hydrogen (secondary N) is 1. The summed E-state index contributed by atoms with van der Waals surface area (Å²) >= 11 is 1.89. The van der Waals surface area contributed by atoms with Crippen LogP contribution in [0.2, 0.25) is 0 Å². The molecule has 5 nitrogen and oxygen atoms in total. The van der Waals surface area contributed by atoms with Crippen LogP contribution in [0.25, 0.3) is 0 Å². The summed E-state index contributed by atoms with van der Waals surface area (Å²) in [7, 11) is 2.28. The van der Waals surface area contributed by atoms with Crippen molar-refractivity contribution in [1.82, 2.24) is 20.0 Å². The van der Waals surface area contributed by atoms with Crippen LogP contribution >= 0.6 is 35.3 Å². The van der Waals surface area contributed by atoms with Crippen LogP contribution in [0.4, 0.5) is 0 Å². The number of piperidine rings is 1. The summed E-state index contributed by atoms with van der Waals surface area (Å²) in [5.41, 5.74) is 0. The van der Waals surface area contributed by atoms with Crippen molar-refractivity contribution in [3.63, 3.8) is 0 Å². The molecule has 1 aromatic rings. The Morgan fingerprint density at radius 2 is 2.07 bits per heavy atom. The van der Waals surface area contributed by atoms with Gasteiger partial charge in [-0.1, -0.05) is 18.2 Å². The van der Waals surface area contributed by atoms with Crippen molar-refractivity contribution >= 4 is 41.3 Å². The molecule has 0 aromatic carbocycles. The summed E-state index contributed by atoms with van der Waals surface area (Å²) in [6, 6.07) is 5.67. The average Bonchev–Trinajstić information content (AvgIpc) is 3.47. The maximum absolute atomic E-state index is 5.15. The summed E-state index contributed by atoms with van der Waals surface area (Å²) in [4.78, 5) is 14.3. The third kappa shape index (κ3) is 5.54. The molecule has 4 rings (SSSR count). The molecule has 0 aliphatic carbocycles. The normalized spacial score (nSPS) is 28.7. The summed E-state index contributed by atoms with van der Waals surface area (Å²) in [6.45, 7) is 9.67. The van der Waals surface area contributed by atoms with Gasteiger partial charge in [0.15, 0.2) is 5.96 Å². The maximum atomic E-state index is 5.15. The first kappa shape index (κ1) is 23.0. The molecule has 29 heavy (non-hydrogen) atoms. The van der Waals surface area contributed by atoms with E-state index in [0.29, 0.717) is 18.0 Å². The van der Waals surface area contributed by atoms with Gasteiger partial charge in [0.05, 0.1) is 0 Å². The molecule has 4 heterocycles. The quantitative estimate of drug-likeness (QED) is 0.273. The minimum Gasteiger partial charge on any atom is -0.357 e. The smallest absolute Gasteiger partial charge is 0.193 e. The molecule has 3 atom stereocenters. The second-order valence-electron chi connectivity index (χ2n) is 8.35. The zero-order valence-electron chi connectivity index (χ0n) is 17.8. The molecule has 162 valence electrons. The number of rotatable bonds is 5. The van der Waals surface area contributed by atoms with Crippen LogP contribution in [0.5, 0.6) is 0 Å². The van der Waals surface area contributed by atoms with Gasteiger partial charge in [-0.25, -0.2) is 0 Å². The van der Waals surface area contributed by atoms with Gasteiger partial charge in [0.1, 0.15) is 0 Å². The second-order valence-corrected chi connectivity index (χ2v) is 9.33. The molecule has 0 spiro atoms. The standard InChI is InChI=1S/C22H35N5S.HI/c1-3-23-22(27-14-10-19(17-27)26-12-4-5-13-26)24-16-18-8-6-11-25(2)21(18)20-9-7-15-28-20;/h4-5,7,9,15,18-19,21H,3,6,8,10-14,16-17H2,1-2H3,(H,23,24);1H. The zero-order valence-corrected chi connectivity index (χ0v) is 20.9.